The molecule has 0 bridgehead atoms. The third kappa shape index (κ3) is 3.45. The van der Waals surface area contributed by atoms with E-state index >= 15 is 0 Å². The van der Waals surface area contributed by atoms with E-state index in [0.717, 1.165) is 39.2 Å². The predicted octanol–water partition coefficient (Wildman–Crippen LogP) is 4.79. The number of carbonyl (C=O) groups excluding carboxylic acids is 1. The molecule has 4 aromatic rings. The fraction of sp³-hybridized carbons (Fsp3) is 0.130. The minimum atomic E-state index is -0.295. The van der Waals surface area contributed by atoms with E-state index in [2.05, 4.69) is 15.5 Å². The number of hydrogen-bond acceptors (Lipinski definition) is 2. The van der Waals surface area contributed by atoms with Crippen LogP contribution in [0.4, 0.5) is 4.39 Å². The van der Waals surface area contributed by atoms with E-state index in [-0.39, 0.29) is 11.7 Å². The standard InChI is InChI=1S/C23H21FN4O/c1-14-12-20(16(3)28(14)18-10-8-17(24)9-11-18)23(29)27-25-13-21-15(2)26-22-7-5-4-6-19(21)22/h4-13,26H,1-3H3,(H,27,29)/b25-13+. The van der Waals surface area contributed by atoms with Crippen LogP contribution in [0.25, 0.3) is 16.6 Å². The van der Waals surface area contributed by atoms with Gasteiger partial charge in [-0.05, 0) is 57.2 Å². The Bertz CT molecular complexity index is 1230. The van der Waals surface area contributed by atoms with Gasteiger partial charge >= 0.3 is 0 Å². The van der Waals surface area contributed by atoms with Crippen LogP contribution >= 0.6 is 0 Å². The number of fused-ring (bicyclic) bond motifs is 1. The average molecular weight is 388 g/mol. The first-order valence-corrected chi connectivity index (χ1v) is 9.31. The molecule has 29 heavy (non-hydrogen) atoms. The molecule has 2 aromatic heterocycles. The number of aromatic nitrogens is 2. The van der Waals surface area contributed by atoms with Crippen molar-refractivity contribution in [1.29, 1.82) is 0 Å². The minimum absolute atomic E-state index is 0.291. The summed E-state index contributed by atoms with van der Waals surface area (Å²) in [6.07, 6.45) is 1.66. The van der Waals surface area contributed by atoms with Crippen molar-refractivity contribution in [3.8, 4) is 5.69 Å². The maximum Gasteiger partial charge on any atom is 0.273 e. The number of H-pyrrole nitrogens is 1. The van der Waals surface area contributed by atoms with E-state index in [1.165, 1.54) is 12.1 Å². The molecule has 0 unspecified atom stereocenters. The van der Waals surface area contributed by atoms with Crippen LogP contribution < -0.4 is 5.43 Å². The van der Waals surface area contributed by atoms with E-state index in [9.17, 15) is 9.18 Å². The van der Waals surface area contributed by atoms with E-state index in [1.54, 1.807) is 24.4 Å². The molecule has 146 valence electrons. The summed E-state index contributed by atoms with van der Waals surface area (Å²) in [6, 6.07) is 15.9. The Morgan fingerprint density at radius 1 is 1.10 bits per heavy atom. The fourth-order valence-electron chi connectivity index (χ4n) is 3.66. The lowest BCUT2D eigenvalue weighted by Crippen LogP contribution is -2.18. The molecule has 0 aliphatic heterocycles. The Morgan fingerprint density at radius 3 is 2.59 bits per heavy atom. The Labute approximate surface area is 167 Å². The summed E-state index contributed by atoms with van der Waals surface area (Å²) in [4.78, 5) is 16.0. The average Bonchev–Trinajstić information content (AvgIpc) is 3.18. The highest BCUT2D eigenvalue weighted by atomic mass is 19.1. The van der Waals surface area contributed by atoms with Crippen LogP contribution in [0.2, 0.25) is 0 Å². The number of hydrazone groups is 1. The van der Waals surface area contributed by atoms with Gasteiger partial charge in [-0.15, -0.1) is 0 Å². The summed E-state index contributed by atoms with van der Waals surface area (Å²) in [6.45, 7) is 5.74. The first-order chi connectivity index (χ1) is 14.0. The number of carbonyl (C=O) groups is 1. The summed E-state index contributed by atoms with van der Waals surface area (Å²) >= 11 is 0. The van der Waals surface area contributed by atoms with Gasteiger partial charge < -0.3 is 9.55 Å². The van der Waals surface area contributed by atoms with E-state index in [0.29, 0.717) is 5.56 Å². The second-order valence-electron chi connectivity index (χ2n) is 7.01. The van der Waals surface area contributed by atoms with E-state index in [1.807, 2.05) is 49.6 Å². The number of aromatic amines is 1. The Hall–Kier alpha value is -3.67. The second kappa shape index (κ2) is 7.39. The Balaban J connectivity index is 1.57. The number of aryl methyl sites for hydroxylation is 2. The van der Waals surface area contributed by atoms with Crippen molar-refractivity contribution in [2.45, 2.75) is 20.8 Å². The largest absolute Gasteiger partial charge is 0.358 e. The topological polar surface area (TPSA) is 62.2 Å². The van der Waals surface area contributed by atoms with Crippen LogP contribution in [0.5, 0.6) is 0 Å². The molecule has 2 N–H and O–H groups in total. The third-order valence-electron chi connectivity index (χ3n) is 5.06. The molecule has 0 atom stereocenters. The summed E-state index contributed by atoms with van der Waals surface area (Å²) in [5, 5.41) is 5.22. The number of benzene rings is 2. The van der Waals surface area contributed by atoms with Crippen LogP contribution in [0, 0.1) is 26.6 Å². The lowest BCUT2D eigenvalue weighted by Gasteiger charge is -2.09. The molecule has 0 spiro atoms. The number of amides is 1. The molecule has 0 fully saturated rings. The van der Waals surface area contributed by atoms with Crippen molar-refractivity contribution in [1.82, 2.24) is 15.0 Å². The fourth-order valence-corrected chi connectivity index (χ4v) is 3.66. The van der Waals surface area contributed by atoms with Gasteiger partial charge in [0.2, 0.25) is 0 Å². The van der Waals surface area contributed by atoms with Gasteiger partial charge in [-0.2, -0.15) is 5.10 Å². The zero-order chi connectivity index (χ0) is 20.5. The molecular formula is C23H21FN4O. The summed E-state index contributed by atoms with van der Waals surface area (Å²) in [7, 11) is 0. The van der Waals surface area contributed by atoms with Crippen LogP contribution in [0.3, 0.4) is 0 Å². The Kier molecular flexibility index (Phi) is 4.76. The normalized spacial score (nSPS) is 11.4. The first-order valence-electron chi connectivity index (χ1n) is 9.31. The zero-order valence-electron chi connectivity index (χ0n) is 16.5. The van der Waals surface area contributed by atoms with Crippen LogP contribution in [0.1, 0.15) is 33.0 Å². The molecule has 5 nitrogen and oxygen atoms in total. The van der Waals surface area contributed by atoms with Crippen LogP contribution in [-0.2, 0) is 0 Å². The SMILES string of the molecule is Cc1[nH]c2ccccc2c1/C=N/NC(=O)c1cc(C)n(-c2ccc(F)cc2)c1C. The number of nitrogens with zero attached hydrogens (tertiary/aromatic N) is 2. The highest BCUT2D eigenvalue weighted by molar-refractivity contribution is 6.01. The van der Waals surface area contributed by atoms with E-state index in [4.69, 9.17) is 0 Å². The Morgan fingerprint density at radius 2 is 1.83 bits per heavy atom. The van der Waals surface area contributed by atoms with Crippen LogP contribution in [0.15, 0.2) is 59.7 Å². The lowest BCUT2D eigenvalue weighted by atomic mass is 10.1. The number of para-hydroxylation sites is 1. The molecule has 4 rings (SSSR count). The van der Waals surface area contributed by atoms with Crippen molar-refractivity contribution >= 4 is 23.0 Å². The summed E-state index contributed by atoms with van der Waals surface area (Å²) < 4.78 is 15.1. The highest BCUT2D eigenvalue weighted by Crippen LogP contribution is 2.22. The lowest BCUT2D eigenvalue weighted by molar-refractivity contribution is 0.0954. The smallest absolute Gasteiger partial charge is 0.273 e. The monoisotopic (exact) mass is 388 g/mol. The molecule has 2 aromatic carbocycles. The van der Waals surface area contributed by atoms with Gasteiger partial charge in [-0.3, -0.25) is 4.79 Å². The predicted molar refractivity (Wildman–Crippen MR) is 113 cm³/mol. The van der Waals surface area contributed by atoms with Crippen molar-refractivity contribution in [3.63, 3.8) is 0 Å². The minimum Gasteiger partial charge on any atom is -0.358 e. The van der Waals surface area contributed by atoms with Crippen molar-refractivity contribution in [2.75, 3.05) is 0 Å². The van der Waals surface area contributed by atoms with Crippen LogP contribution in [-0.4, -0.2) is 21.7 Å². The third-order valence-corrected chi connectivity index (χ3v) is 5.06. The van der Waals surface area contributed by atoms with Crippen molar-refractivity contribution < 1.29 is 9.18 Å². The van der Waals surface area contributed by atoms with Gasteiger partial charge in [0.25, 0.3) is 5.91 Å². The molecule has 2 heterocycles. The molecule has 0 radical (unpaired) electrons. The molecular weight excluding hydrogens is 367 g/mol. The maximum absolute atomic E-state index is 13.2. The molecule has 0 aliphatic rings. The number of nitrogens with one attached hydrogen (secondary N) is 2. The maximum atomic E-state index is 13.2. The number of halogens is 1. The summed E-state index contributed by atoms with van der Waals surface area (Å²) in [5.74, 6) is -0.587. The van der Waals surface area contributed by atoms with Gasteiger partial charge in [0.1, 0.15) is 5.82 Å². The summed E-state index contributed by atoms with van der Waals surface area (Å²) in [5.41, 5.74) is 8.55. The zero-order valence-corrected chi connectivity index (χ0v) is 16.5. The van der Waals surface area contributed by atoms with Gasteiger partial charge in [0.05, 0.1) is 11.8 Å². The van der Waals surface area contributed by atoms with Gasteiger partial charge in [-0.1, -0.05) is 18.2 Å². The second-order valence-corrected chi connectivity index (χ2v) is 7.01. The number of rotatable bonds is 4. The number of hydrogen-bond donors (Lipinski definition) is 2. The van der Waals surface area contributed by atoms with Crippen molar-refractivity contribution in [3.05, 3.63) is 88.6 Å². The molecule has 1 amide bonds. The quantitative estimate of drug-likeness (QED) is 0.383. The van der Waals surface area contributed by atoms with Crippen molar-refractivity contribution in [2.24, 2.45) is 5.10 Å². The van der Waals surface area contributed by atoms with E-state index < -0.39 is 0 Å². The molecule has 0 saturated heterocycles. The highest BCUT2D eigenvalue weighted by Gasteiger charge is 2.16. The van der Waals surface area contributed by atoms with Gasteiger partial charge in [0, 0.05) is 39.2 Å². The molecule has 0 aliphatic carbocycles. The van der Waals surface area contributed by atoms with Gasteiger partial charge in [0.15, 0.2) is 0 Å². The first kappa shape index (κ1) is 18.7. The molecule has 0 saturated carbocycles. The van der Waals surface area contributed by atoms with Gasteiger partial charge in [-0.25, -0.2) is 9.82 Å². The molecule has 6 heteroatoms.